The Bertz CT molecular complexity index is 750. The van der Waals surface area contributed by atoms with Crippen LogP contribution in [-0.4, -0.2) is 22.0 Å². The van der Waals surface area contributed by atoms with Crippen LogP contribution in [0, 0.1) is 5.82 Å². The Labute approximate surface area is 133 Å². The number of hydrogen-bond donors (Lipinski definition) is 1. The number of alkyl halides is 3. The molecule has 4 nitrogen and oxygen atoms in total. The van der Waals surface area contributed by atoms with Crippen LogP contribution >= 0.6 is 11.8 Å². The number of aromatic nitrogens is 2. The molecule has 0 atom stereocenters. The lowest BCUT2D eigenvalue weighted by molar-refractivity contribution is -0.137. The molecule has 0 aliphatic rings. The molecule has 0 fully saturated rings. The second kappa shape index (κ2) is 6.53. The minimum atomic E-state index is -4.86. The van der Waals surface area contributed by atoms with Crippen LogP contribution in [0.1, 0.15) is 22.8 Å². The highest BCUT2D eigenvalue weighted by Gasteiger charge is 2.37. The van der Waals surface area contributed by atoms with Crippen molar-refractivity contribution in [2.75, 3.05) is 11.5 Å². The molecular weight excluding hydrogens is 334 g/mol. The molecule has 0 amide bonds. The van der Waals surface area contributed by atoms with Gasteiger partial charge in [-0.2, -0.15) is 13.2 Å². The molecule has 1 aromatic heterocycles. The molecule has 0 saturated carbocycles. The van der Waals surface area contributed by atoms with Crippen LogP contribution in [-0.2, 0) is 6.18 Å². The van der Waals surface area contributed by atoms with E-state index in [0.29, 0.717) is 23.0 Å². The molecule has 0 spiro atoms. The SMILES string of the molecule is CCSc1ncc(-c2cc(F)cc(C=O)c2C(F)(F)F)c(N)n1. The van der Waals surface area contributed by atoms with Crippen LogP contribution in [0.25, 0.3) is 11.1 Å². The number of halogens is 4. The van der Waals surface area contributed by atoms with E-state index in [1.165, 1.54) is 11.8 Å². The van der Waals surface area contributed by atoms with E-state index in [1.54, 1.807) is 0 Å². The molecule has 0 aliphatic heterocycles. The average Bonchev–Trinajstić information content (AvgIpc) is 2.45. The summed E-state index contributed by atoms with van der Waals surface area (Å²) in [4.78, 5) is 18.7. The highest BCUT2D eigenvalue weighted by molar-refractivity contribution is 7.99. The molecule has 9 heteroatoms. The molecule has 0 aliphatic carbocycles. The minimum absolute atomic E-state index is 0.0479. The second-order valence-electron chi connectivity index (χ2n) is 4.42. The van der Waals surface area contributed by atoms with Gasteiger partial charge in [0.2, 0.25) is 0 Å². The number of carbonyl (C=O) groups excluding carboxylic acids is 1. The van der Waals surface area contributed by atoms with Gasteiger partial charge < -0.3 is 5.73 Å². The van der Waals surface area contributed by atoms with E-state index < -0.39 is 28.7 Å². The molecule has 1 aromatic carbocycles. The Morgan fingerprint density at radius 2 is 2.00 bits per heavy atom. The van der Waals surface area contributed by atoms with E-state index in [-0.39, 0.29) is 17.7 Å². The third-order valence-electron chi connectivity index (χ3n) is 2.90. The Hall–Kier alpha value is -2.16. The van der Waals surface area contributed by atoms with Crippen molar-refractivity contribution in [1.82, 2.24) is 9.97 Å². The van der Waals surface area contributed by atoms with E-state index in [1.807, 2.05) is 6.92 Å². The monoisotopic (exact) mass is 345 g/mol. The van der Waals surface area contributed by atoms with Crippen molar-refractivity contribution in [1.29, 1.82) is 0 Å². The first kappa shape index (κ1) is 17.2. The number of rotatable bonds is 4. The highest BCUT2D eigenvalue weighted by atomic mass is 32.2. The number of nitrogen functional groups attached to an aromatic ring is 1. The fraction of sp³-hybridized carbons (Fsp3) is 0.214. The van der Waals surface area contributed by atoms with Gasteiger partial charge in [0, 0.05) is 22.9 Å². The molecule has 2 N–H and O–H groups in total. The van der Waals surface area contributed by atoms with Gasteiger partial charge in [-0.05, 0) is 17.9 Å². The van der Waals surface area contributed by atoms with Crippen molar-refractivity contribution in [3.63, 3.8) is 0 Å². The highest BCUT2D eigenvalue weighted by Crippen LogP contribution is 2.40. The Kier molecular flexibility index (Phi) is 4.88. The van der Waals surface area contributed by atoms with Gasteiger partial charge >= 0.3 is 6.18 Å². The topological polar surface area (TPSA) is 68.9 Å². The molecule has 0 radical (unpaired) electrons. The summed E-state index contributed by atoms with van der Waals surface area (Å²) in [5, 5.41) is 0.300. The first-order valence-electron chi connectivity index (χ1n) is 6.39. The summed E-state index contributed by atoms with van der Waals surface area (Å²) in [6.07, 6.45) is -3.81. The predicted octanol–water partition coefficient (Wildman–Crippen LogP) is 3.81. The quantitative estimate of drug-likeness (QED) is 0.395. The van der Waals surface area contributed by atoms with Crippen LogP contribution in [0.2, 0.25) is 0 Å². The summed E-state index contributed by atoms with van der Waals surface area (Å²) in [5.74, 6) is -0.549. The van der Waals surface area contributed by atoms with Crippen molar-refractivity contribution in [3.05, 3.63) is 35.3 Å². The van der Waals surface area contributed by atoms with E-state index >= 15 is 0 Å². The number of benzene rings is 1. The summed E-state index contributed by atoms with van der Waals surface area (Å²) in [6.45, 7) is 1.85. The van der Waals surface area contributed by atoms with Gasteiger partial charge in [-0.25, -0.2) is 14.4 Å². The number of nitrogens with zero attached hydrogens (tertiary/aromatic N) is 2. The predicted molar refractivity (Wildman–Crippen MR) is 78.6 cm³/mol. The third-order valence-corrected chi connectivity index (χ3v) is 3.65. The molecule has 0 unspecified atom stereocenters. The zero-order chi connectivity index (χ0) is 17.2. The van der Waals surface area contributed by atoms with Gasteiger partial charge in [-0.15, -0.1) is 0 Å². The fourth-order valence-electron chi connectivity index (χ4n) is 2.03. The van der Waals surface area contributed by atoms with E-state index in [0.717, 1.165) is 6.20 Å². The largest absolute Gasteiger partial charge is 0.417 e. The molecule has 2 rings (SSSR count). The van der Waals surface area contributed by atoms with Gasteiger partial charge in [0.1, 0.15) is 11.6 Å². The van der Waals surface area contributed by atoms with Crippen molar-refractivity contribution in [3.8, 4) is 11.1 Å². The normalized spacial score (nSPS) is 11.5. The zero-order valence-corrected chi connectivity index (χ0v) is 12.6. The lowest BCUT2D eigenvalue weighted by atomic mass is 9.96. The molecule has 2 aromatic rings. The van der Waals surface area contributed by atoms with E-state index in [9.17, 15) is 22.4 Å². The third kappa shape index (κ3) is 3.61. The van der Waals surface area contributed by atoms with Gasteiger partial charge in [0.15, 0.2) is 11.4 Å². The first-order valence-corrected chi connectivity index (χ1v) is 7.38. The maximum atomic E-state index is 13.6. The van der Waals surface area contributed by atoms with Gasteiger partial charge in [-0.3, -0.25) is 4.79 Å². The average molecular weight is 345 g/mol. The van der Waals surface area contributed by atoms with Crippen LogP contribution in [0.5, 0.6) is 0 Å². The Balaban J connectivity index is 2.72. The molecule has 23 heavy (non-hydrogen) atoms. The first-order chi connectivity index (χ1) is 10.8. The van der Waals surface area contributed by atoms with Crippen LogP contribution < -0.4 is 5.73 Å². The molecule has 1 heterocycles. The molecule has 122 valence electrons. The summed E-state index contributed by atoms with van der Waals surface area (Å²) in [5.41, 5.74) is 2.88. The summed E-state index contributed by atoms with van der Waals surface area (Å²) < 4.78 is 53.4. The lowest BCUT2D eigenvalue weighted by Crippen LogP contribution is -2.13. The number of aldehydes is 1. The van der Waals surface area contributed by atoms with Gasteiger partial charge in [-0.1, -0.05) is 18.7 Å². The lowest BCUT2D eigenvalue weighted by Gasteiger charge is -2.16. The van der Waals surface area contributed by atoms with Crippen LogP contribution in [0.3, 0.4) is 0 Å². The van der Waals surface area contributed by atoms with Gasteiger partial charge in [0.25, 0.3) is 0 Å². The number of thioether (sulfide) groups is 1. The number of hydrogen-bond acceptors (Lipinski definition) is 5. The maximum Gasteiger partial charge on any atom is 0.417 e. The van der Waals surface area contributed by atoms with Crippen molar-refractivity contribution < 1.29 is 22.4 Å². The standard InChI is InChI=1S/C14H11F4N3OS/c1-2-23-13-20-5-10(12(19)21-13)9-4-8(15)3-7(6-22)11(9)14(16,17)18/h3-6H,2H2,1H3,(H2,19,20,21). The van der Waals surface area contributed by atoms with Gasteiger partial charge in [0.05, 0.1) is 5.56 Å². The Morgan fingerprint density at radius 3 is 2.52 bits per heavy atom. The van der Waals surface area contributed by atoms with Crippen LogP contribution in [0.4, 0.5) is 23.4 Å². The van der Waals surface area contributed by atoms with Crippen molar-refractivity contribution in [2.45, 2.75) is 18.3 Å². The maximum absolute atomic E-state index is 13.6. The molecule has 0 bridgehead atoms. The van der Waals surface area contributed by atoms with Crippen molar-refractivity contribution >= 4 is 23.9 Å². The number of anilines is 1. The Morgan fingerprint density at radius 1 is 1.30 bits per heavy atom. The minimum Gasteiger partial charge on any atom is -0.383 e. The summed E-state index contributed by atoms with van der Waals surface area (Å²) >= 11 is 1.26. The molecule has 0 saturated heterocycles. The van der Waals surface area contributed by atoms with Crippen molar-refractivity contribution in [2.24, 2.45) is 0 Å². The molecular formula is C14H11F4N3OS. The second-order valence-corrected chi connectivity index (χ2v) is 5.65. The van der Waals surface area contributed by atoms with E-state index in [4.69, 9.17) is 5.73 Å². The smallest absolute Gasteiger partial charge is 0.383 e. The number of nitrogens with two attached hydrogens (primary N) is 1. The van der Waals surface area contributed by atoms with E-state index in [2.05, 4.69) is 9.97 Å². The number of carbonyl (C=O) groups is 1. The van der Waals surface area contributed by atoms with Crippen LogP contribution in [0.15, 0.2) is 23.5 Å². The summed E-state index contributed by atoms with van der Waals surface area (Å²) in [6, 6.07) is 1.19. The zero-order valence-electron chi connectivity index (χ0n) is 11.8. The fourth-order valence-corrected chi connectivity index (χ4v) is 2.58. The summed E-state index contributed by atoms with van der Waals surface area (Å²) in [7, 11) is 0.